The van der Waals surface area contributed by atoms with Gasteiger partial charge in [0.15, 0.2) is 0 Å². The molecule has 0 radical (unpaired) electrons. The number of carbonyl (C=O) groups is 2. The predicted octanol–water partition coefficient (Wildman–Crippen LogP) is 2.11. The summed E-state index contributed by atoms with van der Waals surface area (Å²) in [5, 5.41) is 9.79. The highest BCUT2D eigenvalue weighted by molar-refractivity contribution is 6.00. The van der Waals surface area contributed by atoms with Crippen molar-refractivity contribution in [2.24, 2.45) is 11.8 Å². The summed E-state index contributed by atoms with van der Waals surface area (Å²) in [4.78, 5) is 28.3. The van der Waals surface area contributed by atoms with Gasteiger partial charge in [-0.3, -0.25) is 9.59 Å². The number of carbonyl (C=O) groups excluding carboxylic acids is 2. The number of likely N-dealkylation sites (tertiary alicyclic amines) is 1. The van der Waals surface area contributed by atoms with E-state index in [9.17, 15) is 19.1 Å². The first-order valence-electron chi connectivity index (χ1n) is 8.90. The Balaban J connectivity index is 1.70. The topological polar surface area (TPSA) is 60.9 Å². The van der Waals surface area contributed by atoms with Crippen molar-refractivity contribution in [3.8, 4) is 0 Å². The van der Waals surface area contributed by atoms with Gasteiger partial charge >= 0.3 is 0 Å². The minimum Gasteiger partial charge on any atom is -0.393 e. The zero-order chi connectivity index (χ0) is 18.1. The van der Waals surface area contributed by atoms with Crippen molar-refractivity contribution in [1.82, 2.24) is 4.90 Å². The Hall–Kier alpha value is -1.95. The van der Waals surface area contributed by atoms with E-state index < -0.39 is 17.8 Å². The molecule has 5 nitrogen and oxygen atoms in total. The Morgan fingerprint density at radius 1 is 1.36 bits per heavy atom. The highest BCUT2D eigenvalue weighted by Crippen LogP contribution is 2.30. The quantitative estimate of drug-likeness (QED) is 0.910. The summed E-state index contributed by atoms with van der Waals surface area (Å²) in [7, 11) is 0. The van der Waals surface area contributed by atoms with Crippen LogP contribution in [0.1, 0.15) is 31.7 Å². The Kier molecular flexibility index (Phi) is 5.08. The normalized spacial score (nSPS) is 25.4. The molecule has 3 rings (SSSR count). The molecule has 0 aliphatic carbocycles. The van der Waals surface area contributed by atoms with Gasteiger partial charge in [0.1, 0.15) is 5.82 Å². The van der Waals surface area contributed by atoms with E-state index in [1.807, 2.05) is 0 Å². The summed E-state index contributed by atoms with van der Waals surface area (Å²) in [5.74, 6) is -1.08. The van der Waals surface area contributed by atoms with Gasteiger partial charge in [-0.1, -0.05) is 6.07 Å². The van der Waals surface area contributed by atoms with E-state index in [2.05, 4.69) is 0 Å². The predicted molar refractivity (Wildman–Crippen MR) is 92.6 cm³/mol. The summed E-state index contributed by atoms with van der Waals surface area (Å²) < 4.78 is 14.2. The molecule has 25 heavy (non-hydrogen) atoms. The number of aryl methyl sites for hydroxylation is 1. The first-order valence-corrected chi connectivity index (χ1v) is 8.90. The molecule has 0 spiro atoms. The third kappa shape index (κ3) is 3.68. The molecule has 6 heteroatoms. The van der Waals surface area contributed by atoms with Crippen LogP contribution in [-0.2, 0) is 9.59 Å². The number of nitrogens with zero attached hydrogens (tertiary/aromatic N) is 2. The number of hydrogen-bond donors (Lipinski definition) is 1. The molecule has 1 aromatic carbocycles. The number of halogens is 1. The second kappa shape index (κ2) is 7.12. The van der Waals surface area contributed by atoms with Crippen LogP contribution in [0.25, 0.3) is 0 Å². The molecule has 2 amide bonds. The van der Waals surface area contributed by atoms with Gasteiger partial charge in [0.25, 0.3) is 0 Å². The first kappa shape index (κ1) is 17.9. The maximum absolute atomic E-state index is 14.2. The van der Waals surface area contributed by atoms with Crippen molar-refractivity contribution < 1.29 is 19.1 Å². The maximum Gasteiger partial charge on any atom is 0.228 e. The molecule has 2 fully saturated rings. The van der Waals surface area contributed by atoms with Crippen LogP contribution >= 0.6 is 0 Å². The van der Waals surface area contributed by atoms with Crippen LogP contribution in [0.4, 0.5) is 10.1 Å². The van der Waals surface area contributed by atoms with E-state index >= 15 is 0 Å². The summed E-state index contributed by atoms with van der Waals surface area (Å²) in [6.45, 7) is 4.94. The maximum atomic E-state index is 14.2. The molecule has 1 N–H and O–H groups in total. The van der Waals surface area contributed by atoms with Crippen molar-refractivity contribution in [2.45, 2.75) is 39.2 Å². The Morgan fingerprint density at radius 2 is 2.12 bits per heavy atom. The molecule has 0 saturated carbocycles. The standard InChI is InChI=1S/C19H25FN2O3/c1-12-5-6-17(16(20)8-12)22-11-15(9-18(22)24)19(25)21-7-3-4-14(10-21)13(2)23/h5-6,8,13-15,23H,3-4,7,9-11H2,1-2H3. The highest BCUT2D eigenvalue weighted by atomic mass is 19.1. The Morgan fingerprint density at radius 3 is 2.80 bits per heavy atom. The first-order chi connectivity index (χ1) is 11.9. The van der Waals surface area contributed by atoms with Crippen LogP contribution in [0, 0.1) is 24.6 Å². The zero-order valence-electron chi connectivity index (χ0n) is 14.7. The molecule has 2 aliphatic heterocycles. The fourth-order valence-electron chi connectivity index (χ4n) is 3.80. The number of aliphatic hydroxyl groups is 1. The molecule has 3 unspecified atom stereocenters. The minimum absolute atomic E-state index is 0.0614. The van der Waals surface area contributed by atoms with E-state index in [4.69, 9.17) is 0 Å². The van der Waals surface area contributed by atoms with Gasteiger partial charge in [-0.2, -0.15) is 0 Å². The molecule has 2 saturated heterocycles. The van der Waals surface area contributed by atoms with Crippen LogP contribution in [0.2, 0.25) is 0 Å². The molecule has 2 heterocycles. The third-order valence-electron chi connectivity index (χ3n) is 5.32. The van der Waals surface area contributed by atoms with Gasteiger partial charge < -0.3 is 14.9 Å². The van der Waals surface area contributed by atoms with Crippen molar-refractivity contribution in [3.63, 3.8) is 0 Å². The lowest BCUT2D eigenvalue weighted by atomic mass is 9.92. The largest absolute Gasteiger partial charge is 0.393 e. The van der Waals surface area contributed by atoms with Crippen LogP contribution in [0.3, 0.4) is 0 Å². The van der Waals surface area contributed by atoms with Gasteiger partial charge in [-0.05, 0) is 44.4 Å². The summed E-state index contributed by atoms with van der Waals surface area (Å²) in [6, 6.07) is 4.76. The van der Waals surface area contributed by atoms with Crippen LogP contribution < -0.4 is 4.90 Å². The monoisotopic (exact) mass is 348 g/mol. The smallest absolute Gasteiger partial charge is 0.228 e. The lowest BCUT2D eigenvalue weighted by Gasteiger charge is -2.35. The lowest BCUT2D eigenvalue weighted by molar-refractivity contribution is -0.138. The van der Waals surface area contributed by atoms with E-state index in [0.29, 0.717) is 13.1 Å². The van der Waals surface area contributed by atoms with Crippen molar-refractivity contribution in [3.05, 3.63) is 29.6 Å². The summed E-state index contributed by atoms with van der Waals surface area (Å²) in [6.07, 6.45) is 1.44. The molecule has 2 aliphatic rings. The second-order valence-electron chi connectivity index (χ2n) is 7.29. The van der Waals surface area contributed by atoms with Gasteiger partial charge in [0.2, 0.25) is 11.8 Å². The van der Waals surface area contributed by atoms with Gasteiger partial charge in [0, 0.05) is 32.0 Å². The van der Waals surface area contributed by atoms with Crippen LogP contribution in [0.5, 0.6) is 0 Å². The van der Waals surface area contributed by atoms with Gasteiger partial charge in [-0.25, -0.2) is 4.39 Å². The number of anilines is 1. The molecule has 0 aromatic heterocycles. The van der Waals surface area contributed by atoms with E-state index in [0.717, 1.165) is 18.4 Å². The average Bonchev–Trinajstić information content (AvgIpc) is 2.96. The Bertz CT molecular complexity index is 677. The van der Waals surface area contributed by atoms with Crippen molar-refractivity contribution in [1.29, 1.82) is 0 Å². The molecule has 0 bridgehead atoms. The minimum atomic E-state index is -0.445. The number of benzene rings is 1. The SMILES string of the molecule is Cc1ccc(N2CC(C(=O)N3CCCC(C(C)O)C3)CC2=O)c(F)c1. The molecule has 136 valence electrons. The number of aliphatic hydroxyl groups excluding tert-OH is 1. The summed E-state index contributed by atoms with van der Waals surface area (Å²) in [5.41, 5.74) is 1.03. The zero-order valence-corrected chi connectivity index (χ0v) is 14.7. The molecular formula is C19H25FN2O3. The van der Waals surface area contributed by atoms with Crippen LogP contribution in [-0.4, -0.2) is 47.6 Å². The highest BCUT2D eigenvalue weighted by Gasteiger charge is 2.39. The number of piperidine rings is 1. The molecular weight excluding hydrogens is 323 g/mol. The number of hydrogen-bond acceptors (Lipinski definition) is 3. The lowest BCUT2D eigenvalue weighted by Crippen LogP contribution is -2.45. The van der Waals surface area contributed by atoms with E-state index in [1.54, 1.807) is 30.9 Å². The molecule has 3 atom stereocenters. The van der Waals surface area contributed by atoms with E-state index in [1.165, 1.54) is 11.0 Å². The number of rotatable bonds is 3. The number of amides is 2. The van der Waals surface area contributed by atoms with E-state index in [-0.39, 0.29) is 36.4 Å². The Labute approximate surface area is 147 Å². The van der Waals surface area contributed by atoms with Crippen LogP contribution in [0.15, 0.2) is 18.2 Å². The fourth-order valence-corrected chi connectivity index (χ4v) is 3.80. The van der Waals surface area contributed by atoms with Gasteiger partial charge in [0.05, 0.1) is 17.7 Å². The van der Waals surface area contributed by atoms with Crippen molar-refractivity contribution >= 4 is 17.5 Å². The third-order valence-corrected chi connectivity index (χ3v) is 5.32. The summed E-state index contributed by atoms with van der Waals surface area (Å²) >= 11 is 0. The second-order valence-corrected chi connectivity index (χ2v) is 7.29. The van der Waals surface area contributed by atoms with Crippen molar-refractivity contribution in [2.75, 3.05) is 24.5 Å². The van der Waals surface area contributed by atoms with Gasteiger partial charge in [-0.15, -0.1) is 0 Å². The molecule has 1 aromatic rings. The fraction of sp³-hybridized carbons (Fsp3) is 0.579. The average molecular weight is 348 g/mol.